The van der Waals surface area contributed by atoms with Gasteiger partial charge >= 0.3 is 6.18 Å². The van der Waals surface area contributed by atoms with Crippen LogP contribution in [-0.4, -0.2) is 38.6 Å². The van der Waals surface area contributed by atoms with Crippen LogP contribution in [0.25, 0.3) is 21.9 Å². The first-order chi connectivity index (χ1) is 14.4. The van der Waals surface area contributed by atoms with Crippen LogP contribution in [0, 0.1) is 5.92 Å². The highest BCUT2D eigenvalue weighted by Gasteiger charge is 2.28. The fraction of sp³-hybridized carbons (Fsp3) is 0.524. The van der Waals surface area contributed by atoms with E-state index in [2.05, 4.69) is 9.55 Å². The number of pyridine rings is 2. The van der Waals surface area contributed by atoms with Gasteiger partial charge in [0.2, 0.25) is 0 Å². The molecule has 0 unspecified atom stereocenters. The summed E-state index contributed by atoms with van der Waals surface area (Å²) in [5.74, 6) is 0.247. The molecule has 0 atom stereocenters. The van der Waals surface area contributed by atoms with Crippen molar-refractivity contribution in [3.05, 3.63) is 40.9 Å². The summed E-state index contributed by atoms with van der Waals surface area (Å²) in [5.41, 5.74) is 1.33. The predicted octanol–water partition coefficient (Wildman–Crippen LogP) is 4.00. The van der Waals surface area contributed by atoms with Crippen molar-refractivity contribution in [2.24, 2.45) is 5.92 Å². The Morgan fingerprint density at radius 3 is 2.60 bits per heavy atom. The second kappa shape index (κ2) is 8.39. The molecule has 3 aromatic heterocycles. The van der Waals surface area contributed by atoms with Gasteiger partial charge in [0.1, 0.15) is 12.4 Å². The molecule has 6 nitrogen and oxygen atoms in total. The van der Waals surface area contributed by atoms with Gasteiger partial charge < -0.3 is 19.0 Å². The number of alkyl halides is 3. The Hall–Kier alpha value is -2.39. The fourth-order valence-corrected chi connectivity index (χ4v) is 4.34. The Labute approximate surface area is 170 Å². The lowest BCUT2D eigenvalue weighted by Gasteiger charge is -2.31. The van der Waals surface area contributed by atoms with Gasteiger partial charge in [0, 0.05) is 42.7 Å². The molecule has 30 heavy (non-hydrogen) atoms. The summed E-state index contributed by atoms with van der Waals surface area (Å²) in [6.07, 6.45) is 3.45. The van der Waals surface area contributed by atoms with Crippen molar-refractivity contribution in [3.63, 3.8) is 0 Å². The van der Waals surface area contributed by atoms with Gasteiger partial charge in [-0.3, -0.25) is 4.79 Å². The summed E-state index contributed by atoms with van der Waals surface area (Å²) < 4.78 is 45.7. The second-order valence-corrected chi connectivity index (χ2v) is 7.89. The third-order valence-corrected chi connectivity index (χ3v) is 5.92. The van der Waals surface area contributed by atoms with Crippen molar-refractivity contribution < 1.29 is 23.0 Å². The smallest absolute Gasteiger partial charge is 0.381 e. The molecule has 0 bridgehead atoms. The van der Waals surface area contributed by atoms with Crippen LogP contribution in [-0.2, 0) is 11.5 Å². The van der Waals surface area contributed by atoms with Gasteiger partial charge in [-0.15, -0.1) is 0 Å². The predicted molar refractivity (Wildman–Crippen MR) is 106 cm³/mol. The summed E-state index contributed by atoms with van der Waals surface area (Å²) in [7, 11) is 0. The molecule has 0 saturated heterocycles. The lowest BCUT2D eigenvalue weighted by molar-refractivity contribution is -0.146. The van der Waals surface area contributed by atoms with Gasteiger partial charge in [-0.25, -0.2) is 4.98 Å². The zero-order valence-electron chi connectivity index (χ0n) is 16.4. The summed E-state index contributed by atoms with van der Waals surface area (Å²) >= 11 is 0. The Bertz CT molecular complexity index is 1080. The maximum Gasteiger partial charge on any atom is 0.391 e. The number of nitrogens with zero attached hydrogens (tertiary/aromatic N) is 3. The average Bonchev–Trinajstić information content (AvgIpc) is 3.15. The zero-order valence-corrected chi connectivity index (χ0v) is 16.4. The number of fused-ring (bicyclic) bond motifs is 3. The van der Waals surface area contributed by atoms with Crippen LogP contribution in [0.1, 0.15) is 38.1 Å². The average molecular weight is 423 g/mol. The first-order valence-corrected chi connectivity index (χ1v) is 10.1. The van der Waals surface area contributed by atoms with E-state index in [0.29, 0.717) is 17.6 Å². The van der Waals surface area contributed by atoms with Crippen LogP contribution in [0.5, 0.6) is 0 Å². The Balaban J connectivity index is 1.51. The molecule has 9 heteroatoms. The molecule has 4 rings (SSSR count). The number of hydrogen-bond donors (Lipinski definition) is 1. The van der Waals surface area contributed by atoms with Gasteiger partial charge in [0.25, 0.3) is 0 Å². The van der Waals surface area contributed by atoms with Crippen molar-refractivity contribution >= 4 is 21.9 Å². The molecule has 1 aliphatic carbocycles. The van der Waals surface area contributed by atoms with E-state index >= 15 is 0 Å². The molecule has 0 aliphatic heterocycles. The first-order valence-electron chi connectivity index (χ1n) is 10.1. The van der Waals surface area contributed by atoms with E-state index in [1.165, 1.54) is 0 Å². The number of aliphatic hydroxyl groups excluding tert-OH is 1. The summed E-state index contributed by atoms with van der Waals surface area (Å²) in [6.45, 7) is -0.139. The molecular formula is C21H24F3N3O3. The van der Waals surface area contributed by atoms with Crippen molar-refractivity contribution in [2.45, 2.75) is 51.1 Å². The van der Waals surface area contributed by atoms with Gasteiger partial charge in [-0.05, 0) is 37.7 Å². The van der Waals surface area contributed by atoms with Gasteiger partial charge in [0.15, 0.2) is 5.43 Å². The topological polar surface area (TPSA) is 69.3 Å². The highest BCUT2D eigenvalue weighted by molar-refractivity contribution is 6.02. The SMILES string of the molecule is O=c1ccn([C@H]2CC[C@H](COCCC(F)(F)F)CC2)c2c1cnc1c2ccn1CO. The monoisotopic (exact) mass is 423 g/mol. The number of rotatable bonds is 6. The molecule has 3 aromatic rings. The standard InChI is InChI=1S/C21H24F3N3O3/c22-21(23,24)7-10-30-12-14-1-3-15(4-2-14)27-9-6-18(29)17-11-25-20-16(19(17)27)5-8-26(20)13-28/h5-6,8-9,11,14-15,28H,1-4,7,10,12-13H2/t14-,15-. The van der Waals surface area contributed by atoms with E-state index in [0.717, 1.165) is 36.6 Å². The van der Waals surface area contributed by atoms with Crippen molar-refractivity contribution in [2.75, 3.05) is 13.2 Å². The third-order valence-electron chi connectivity index (χ3n) is 5.92. The molecular weight excluding hydrogens is 399 g/mol. The number of aliphatic hydroxyl groups is 1. The first kappa shape index (κ1) is 20.9. The van der Waals surface area contributed by atoms with Crippen LogP contribution in [0.2, 0.25) is 0 Å². The minimum atomic E-state index is -4.18. The normalized spacial score (nSPS) is 20.3. The van der Waals surface area contributed by atoms with Crippen molar-refractivity contribution in [1.82, 2.24) is 14.1 Å². The molecule has 1 saturated carbocycles. The molecule has 1 aliphatic rings. The zero-order chi connectivity index (χ0) is 21.3. The number of aromatic nitrogens is 3. The molecule has 0 radical (unpaired) electrons. The molecule has 1 fully saturated rings. The maximum atomic E-state index is 12.4. The number of hydrogen-bond acceptors (Lipinski definition) is 4. The van der Waals surface area contributed by atoms with Crippen LogP contribution in [0.3, 0.4) is 0 Å². The van der Waals surface area contributed by atoms with Gasteiger partial charge in [-0.1, -0.05) is 0 Å². The maximum absolute atomic E-state index is 12.4. The Kier molecular flexibility index (Phi) is 5.84. The molecule has 0 amide bonds. The van der Waals surface area contributed by atoms with Crippen molar-refractivity contribution in [3.8, 4) is 0 Å². The molecule has 0 spiro atoms. The second-order valence-electron chi connectivity index (χ2n) is 7.89. The highest BCUT2D eigenvalue weighted by Crippen LogP contribution is 2.35. The summed E-state index contributed by atoms with van der Waals surface area (Å²) in [5, 5.41) is 10.9. The van der Waals surface area contributed by atoms with E-state index < -0.39 is 12.6 Å². The largest absolute Gasteiger partial charge is 0.391 e. The minimum Gasteiger partial charge on any atom is -0.381 e. The quantitative estimate of drug-likeness (QED) is 0.609. The molecule has 0 aromatic carbocycles. The van der Waals surface area contributed by atoms with Gasteiger partial charge in [0.05, 0.1) is 23.9 Å². The summed E-state index contributed by atoms with van der Waals surface area (Å²) in [4.78, 5) is 16.7. The van der Waals surface area contributed by atoms with Crippen LogP contribution in [0.15, 0.2) is 35.5 Å². The fourth-order valence-electron chi connectivity index (χ4n) is 4.34. The Morgan fingerprint density at radius 1 is 1.13 bits per heavy atom. The van der Waals surface area contributed by atoms with E-state index in [9.17, 15) is 23.1 Å². The lowest BCUT2D eigenvalue weighted by atomic mass is 9.86. The van der Waals surface area contributed by atoms with E-state index in [4.69, 9.17) is 4.74 Å². The number of halogens is 3. The molecule has 1 N–H and O–H groups in total. The van der Waals surface area contributed by atoms with Crippen LogP contribution >= 0.6 is 0 Å². The van der Waals surface area contributed by atoms with Gasteiger partial charge in [-0.2, -0.15) is 13.2 Å². The lowest BCUT2D eigenvalue weighted by Crippen LogP contribution is -2.23. The van der Waals surface area contributed by atoms with E-state index in [1.807, 2.05) is 12.3 Å². The van der Waals surface area contributed by atoms with Crippen molar-refractivity contribution in [1.29, 1.82) is 0 Å². The Morgan fingerprint density at radius 2 is 1.90 bits per heavy atom. The summed E-state index contributed by atoms with van der Waals surface area (Å²) in [6, 6.07) is 3.59. The highest BCUT2D eigenvalue weighted by atomic mass is 19.4. The number of ether oxygens (including phenoxy) is 1. The minimum absolute atomic E-state index is 0.0980. The van der Waals surface area contributed by atoms with Crippen LogP contribution in [0.4, 0.5) is 13.2 Å². The van der Waals surface area contributed by atoms with E-state index in [-0.39, 0.29) is 30.7 Å². The van der Waals surface area contributed by atoms with E-state index in [1.54, 1.807) is 23.0 Å². The third kappa shape index (κ3) is 4.22. The van der Waals surface area contributed by atoms with Crippen LogP contribution < -0.4 is 5.43 Å². The molecule has 162 valence electrons. The molecule has 3 heterocycles.